The van der Waals surface area contributed by atoms with Crippen molar-refractivity contribution in [2.24, 2.45) is 0 Å². The topological polar surface area (TPSA) is 84.5 Å². The van der Waals surface area contributed by atoms with Gasteiger partial charge >= 0.3 is 5.97 Å². The Labute approximate surface area is 126 Å². The van der Waals surface area contributed by atoms with E-state index in [0.29, 0.717) is 18.5 Å². The highest BCUT2D eigenvalue weighted by atomic mass is 19.1. The minimum atomic E-state index is -0.713. The lowest BCUT2D eigenvalue weighted by atomic mass is 9.99. The summed E-state index contributed by atoms with van der Waals surface area (Å²) in [7, 11) is 1.24. The van der Waals surface area contributed by atoms with Crippen LogP contribution in [-0.2, 0) is 20.7 Å². The molecule has 1 aliphatic heterocycles. The van der Waals surface area contributed by atoms with Crippen LogP contribution in [0.1, 0.15) is 22.3 Å². The van der Waals surface area contributed by atoms with Crippen LogP contribution in [0, 0.1) is 5.82 Å². The van der Waals surface area contributed by atoms with Crippen molar-refractivity contribution in [3.05, 3.63) is 41.2 Å². The van der Waals surface area contributed by atoms with Crippen LogP contribution >= 0.6 is 0 Å². The second kappa shape index (κ2) is 6.84. The molecular formula is C15H15FN2O4. The number of esters is 1. The number of ether oxygens (including phenoxy) is 1. The molecule has 0 spiro atoms. The number of aryl methyl sites for hydroxylation is 1. The summed E-state index contributed by atoms with van der Waals surface area (Å²) in [6.07, 6.45) is 3.34. The SMILES string of the molecule is COC(=O)/C=C/CNC(=O)c1cc2c(cc1F)NC(=O)CC2. The first-order chi connectivity index (χ1) is 10.5. The first-order valence-electron chi connectivity index (χ1n) is 6.66. The summed E-state index contributed by atoms with van der Waals surface area (Å²) in [6, 6.07) is 2.58. The van der Waals surface area contributed by atoms with Crippen molar-refractivity contribution in [3.8, 4) is 0 Å². The minimum absolute atomic E-state index is 0.0706. The fourth-order valence-corrected chi connectivity index (χ4v) is 2.05. The van der Waals surface area contributed by atoms with Gasteiger partial charge in [-0.1, -0.05) is 6.08 Å². The van der Waals surface area contributed by atoms with Crippen molar-refractivity contribution in [3.63, 3.8) is 0 Å². The van der Waals surface area contributed by atoms with Gasteiger partial charge in [0.2, 0.25) is 5.91 Å². The molecule has 1 aromatic carbocycles. The molecule has 0 bridgehead atoms. The summed E-state index contributed by atoms with van der Waals surface area (Å²) >= 11 is 0. The maximum absolute atomic E-state index is 13.9. The molecule has 1 heterocycles. The van der Waals surface area contributed by atoms with Crippen LogP contribution in [0.5, 0.6) is 0 Å². The molecule has 6 nitrogen and oxygen atoms in total. The van der Waals surface area contributed by atoms with Gasteiger partial charge in [-0.05, 0) is 24.1 Å². The van der Waals surface area contributed by atoms with Gasteiger partial charge in [-0.25, -0.2) is 9.18 Å². The highest BCUT2D eigenvalue weighted by Gasteiger charge is 2.20. The van der Waals surface area contributed by atoms with Crippen molar-refractivity contribution in [1.82, 2.24) is 5.32 Å². The molecule has 2 amide bonds. The number of hydrogen-bond acceptors (Lipinski definition) is 4. The van der Waals surface area contributed by atoms with Gasteiger partial charge < -0.3 is 15.4 Å². The van der Waals surface area contributed by atoms with Gasteiger partial charge in [0, 0.05) is 24.7 Å². The number of hydrogen-bond donors (Lipinski definition) is 2. The number of methoxy groups -OCH3 is 1. The third kappa shape index (κ3) is 3.69. The Balaban J connectivity index is 2.05. The highest BCUT2D eigenvalue weighted by Crippen LogP contribution is 2.25. The maximum atomic E-state index is 13.9. The summed E-state index contributed by atoms with van der Waals surface area (Å²) in [5.74, 6) is -2.01. The van der Waals surface area contributed by atoms with Crippen LogP contribution in [0.2, 0.25) is 0 Å². The van der Waals surface area contributed by atoms with Gasteiger partial charge in [0.1, 0.15) is 5.82 Å². The van der Waals surface area contributed by atoms with Gasteiger partial charge in [-0.2, -0.15) is 0 Å². The van der Waals surface area contributed by atoms with E-state index in [1.165, 1.54) is 25.3 Å². The normalized spacial score (nSPS) is 13.5. The van der Waals surface area contributed by atoms with Crippen molar-refractivity contribution >= 4 is 23.5 Å². The molecule has 0 aliphatic carbocycles. The zero-order chi connectivity index (χ0) is 16.1. The molecule has 0 atom stereocenters. The second-order valence-electron chi connectivity index (χ2n) is 4.67. The summed E-state index contributed by atoms with van der Waals surface area (Å²) in [6.45, 7) is 0.0706. The number of carbonyl (C=O) groups excluding carboxylic acids is 3. The van der Waals surface area contributed by atoms with Crippen LogP contribution in [-0.4, -0.2) is 31.4 Å². The van der Waals surface area contributed by atoms with Gasteiger partial charge in [-0.3, -0.25) is 9.59 Å². The van der Waals surface area contributed by atoms with E-state index in [1.54, 1.807) is 0 Å². The predicted octanol–water partition coefficient (Wildman–Crippen LogP) is 1.17. The number of amides is 2. The fourth-order valence-electron chi connectivity index (χ4n) is 2.05. The minimum Gasteiger partial charge on any atom is -0.466 e. The third-order valence-corrected chi connectivity index (χ3v) is 3.17. The molecule has 1 aromatic rings. The van der Waals surface area contributed by atoms with E-state index in [9.17, 15) is 18.8 Å². The van der Waals surface area contributed by atoms with E-state index in [0.717, 1.165) is 11.6 Å². The number of benzene rings is 1. The van der Waals surface area contributed by atoms with Gasteiger partial charge in [0.25, 0.3) is 5.91 Å². The van der Waals surface area contributed by atoms with Gasteiger partial charge in [-0.15, -0.1) is 0 Å². The van der Waals surface area contributed by atoms with Crippen molar-refractivity contribution in [1.29, 1.82) is 0 Å². The number of nitrogens with one attached hydrogen (secondary N) is 2. The lowest BCUT2D eigenvalue weighted by molar-refractivity contribution is -0.134. The number of carbonyl (C=O) groups is 3. The Kier molecular flexibility index (Phi) is 4.88. The number of rotatable bonds is 4. The van der Waals surface area contributed by atoms with E-state index in [2.05, 4.69) is 15.4 Å². The van der Waals surface area contributed by atoms with Gasteiger partial charge in [0.15, 0.2) is 0 Å². The number of anilines is 1. The van der Waals surface area contributed by atoms with Crippen LogP contribution in [0.4, 0.5) is 10.1 Å². The van der Waals surface area contributed by atoms with Crippen molar-refractivity contribution < 1.29 is 23.5 Å². The van der Waals surface area contributed by atoms with E-state index < -0.39 is 17.7 Å². The van der Waals surface area contributed by atoms with E-state index in [1.807, 2.05) is 0 Å². The van der Waals surface area contributed by atoms with Crippen LogP contribution < -0.4 is 10.6 Å². The third-order valence-electron chi connectivity index (χ3n) is 3.17. The average Bonchev–Trinajstić information content (AvgIpc) is 2.50. The smallest absolute Gasteiger partial charge is 0.330 e. The van der Waals surface area contributed by atoms with E-state index >= 15 is 0 Å². The second-order valence-corrected chi connectivity index (χ2v) is 4.67. The lowest BCUT2D eigenvalue weighted by Gasteiger charge is -2.18. The van der Waals surface area contributed by atoms with Crippen LogP contribution in [0.25, 0.3) is 0 Å². The molecule has 1 aliphatic rings. The highest BCUT2D eigenvalue weighted by molar-refractivity contribution is 5.98. The maximum Gasteiger partial charge on any atom is 0.330 e. The first-order valence-corrected chi connectivity index (χ1v) is 6.66. The zero-order valence-electron chi connectivity index (χ0n) is 11.9. The molecule has 2 rings (SSSR count). The first kappa shape index (κ1) is 15.7. The summed E-state index contributed by atoms with van der Waals surface area (Å²) in [5.41, 5.74) is 1.02. The van der Waals surface area contributed by atoms with Crippen LogP contribution in [0.15, 0.2) is 24.3 Å². The van der Waals surface area contributed by atoms with Crippen LogP contribution in [0.3, 0.4) is 0 Å². The molecule has 2 N–H and O–H groups in total. The molecule has 116 valence electrons. The fraction of sp³-hybridized carbons (Fsp3) is 0.267. The van der Waals surface area contributed by atoms with Gasteiger partial charge in [0.05, 0.1) is 12.7 Å². The molecule has 0 aromatic heterocycles. The zero-order valence-corrected chi connectivity index (χ0v) is 11.9. The number of fused-ring (bicyclic) bond motifs is 1. The van der Waals surface area contributed by atoms with E-state index in [-0.39, 0.29) is 18.0 Å². The molecule has 0 saturated carbocycles. The Hall–Kier alpha value is -2.70. The predicted molar refractivity (Wildman–Crippen MR) is 76.8 cm³/mol. The molecule has 22 heavy (non-hydrogen) atoms. The Bertz CT molecular complexity index is 655. The standard InChI is InChI=1S/C15H15FN2O4/c1-22-14(20)3-2-6-17-15(21)10-7-9-4-5-13(19)18-12(9)8-11(10)16/h2-3,7-8H,4-6H2,1H3,(H,17,21)(H,18,19)/b3-2+. The molecule has 0 fully saturated rings. The van der Waals surface area contributed by atoms with E-state index in [4.69, 9.17) is 0 Å². The van der Waals surface area contributed by atoms with Crippen molar-refractivity contribution in [2.45, 2.75) is 12.8 Å². The molecule has 7 heteroatoms. The molecule has 0 radical (unpaired) electrons. The number of halogens is 1. The molecule has 0 saturated heterocycles. The molecule has 0 unspecified atom stereocenters. The van der Waals surface area contributed by atoms with Crippen molar-refractivity contribution in [2.75, 3.05) is 19.0 Å². The average molecular weight is 306 g/mol. The summed E-state index contributed by atoms with van der Waals surface area (Å²) in [5, 5.41) is 5.04. The Morgan fingerprint density at radius 3 is 2.91 bits per heavy atom. The lowest BCUT2D eigenvalue weighted by Crippen LogP contribution is -2.26. The summed E-state index contributed by atoms with van der Waals surface area (Å²) in [4.78, 5) is 34.0. The largest absolute Gasteiger partial charge is 0.466 e. The monoisotopic (exact) mass is 306 g/mol. The molecular weight excluding hydrogens is 291 g/mol. The summed E-state index contributed by atoms with van der Waals surface area (Å²) < 4.78 is 18.3. The Morgan fingerprint density at radius 2 is 2.18 bits per heavy atom. The Morgan fingerprint density at radius 1 is 1.41 bits per heavy atom. The quantitative estimate of drug-likeness (QED) is 0.646.